The average molecular weight is 317 g/mol. The van der Waals surface area contributed by atoms with Gasteiger partial charge in [0.05, 0.1) is 6.20 Å². The van der Waals surface area contributed by atoms with Crippen LogP contribution in [0.3, 0.4) is 0 Å². The van der Waals surface area contributed by atoms with Gasteiger partial charge in [-0.3, -0.25) is 10.7 Å². The highest BCUT2D eigenvalue weighted by molar-refractivity contribution is 5.50. The van der Waals surface area contributed by atoms with E-state index in [9.17, 15) is 0 Å². The SMILES string of the molecule is NC1Oc2cnccc2C1(N)c1cccc(Cc2ccccc2)c1. The summed E-state index contributed by atoms with van der Waals surface area (Å²) in [6, 6.07) is 20.5. The van der Waals surface area contributed by atoms with Crippen molar-refractivity contribution >= 4 is 0 Å². The Morgan fingerprint density at radius 2 is 1.79 bits per heavy atom. The minimum absolute atomic E-state index is 0.635. The second-order valence-electron chi connectivity index (χ2n) is 6.14. The first-order chi connectivity index (χ1) is 11.7. The molecule has 4 N–H and O–H groups in total. The van der Waals surface area contributed by atoms with E-state index in [1.54, 1.807) is 12.4 Å². The van der Waals surface area contributed by atoms with Gasteiger partial charge in [0.15, 0.2) is 6.23 Å². The van der Waals surface area contributed by atoms with Gasteiger partial charge in [0.1, 0.15) is 11.3 Å². The molecule has 4 rings (SSSR count). The van der Waals surface area contributed by atoms with E-state index in [1.165, 1.54) is 11.1 Å². The van der Waals surface area contributed by atoms with E-state index >= 15 is 0 Å². The fourth-order valence-corrected chi connectivity index (χ4v) is 3.29. The summed E-state index contributed by atoms with van der Waals surface area (Å²) in [6.07, 6.45) is 3.60. The van der Waals surface area contributed by atoms with Crippen LogP contribution in [0.2, 0.25) is 0 Å². The maximum absolute atomic E-state index is 6.72. The number of fused-ring (bicyclic) bond motifs is 1. The van der Waals surface area contributed by atoms with E-state index in [1.807, 2.05) is 36.4 Å². The molecule has 0 saturated carbocycles. The molecule has 2 aromatic carbocycles. The molecular weight excluding hydrogens is 298 g/mol. The molecule has 0 saturated heterocycles. The predicted octanol–water partition coefficient (Wildman–Crippen LogP) is 2.55. The molecule has 3 aromatic rings. The lowest BCUT2D eigenvalue weighted by molar-refractivity contribution is 0.177. The van der Waals surface area contributed by atoms with Crippen molar-refractivity contribution in [3.8, 4) is 5.75 Å². The Hall–Kier alpha value is -2.69. The van der Waals surface area contributed by atoms with Gasteiger partial charge in [0, 0.05) is 11.8 Å². The summed E-state index contributed by atoms with van der Waals surface area (Å²) in [4.78, 5) is 4.09. The minimum Gasteiger partial charge on any atom is -0.471 e. The molecule has 0 aliphatic carbocycles. The van der Waals surface area contributed by atoms with Crippen molar-refractivity contribution in [1.29, 1.82) is 0 Å². The molecule has 1 aliphatic heterocycles. The number of ether oxygens (including phenoxy) is 1. The number of hydrogen-bond acceptors (Lipinski definition) is 4. The molecule has 0 bridgehead atoms. The summed E-state index contributed by atoms with van der Waals surface area (Å²) in [6.45, 7) is 0. The molecule has 2 atom stereocenters. The van der Waals surface area contributed by atoms with Gasteiger partial charge in [-0.25, -0.2) is 0 Å². The topological polar surface area (TPSA) is 74.2 Å². The second kappa shape index (κ2) is 5.74. The lowest BCUT2D eigenvalue weighted by atomic mass is 9.83. The molecule has 0 amide bonds. The van der Waals surface area contributed by atoms with Crippen molar-refractivity contribution in [1.82, 2.24) is 4.98 Å². The fourth-order valence-electron chi connectivity index (χ4n) is 3.29. The summed E-state index contributed by atoms with van der Waals surface area (Å²) < 4.78 is 5.73. The Morgan fingerprint density at radius 3 is 2.62 bits per heavy atom. The normalized spacial score (nSPS) is 22.0. The Labute approximate surface area is 141 Å². The number of hydrogen-bond donors (Lipinski definition) is 2. The third-order valence-electron chi connectivity index (χ3n) is 4.59. The van der Waals surface area contributed by atoms with E-state index < -0.39 is 11.8 Å². The lowest BCUT2D eigenvalue weighted by Crippen LogP contribution is -2.52. The van der Waals surface area contributed by atoms with E-state index in [0.717, 1.165) is 17.5 Å². The lowest BCUT2D eigenvalue weighted by Gasteiger charge is -2.28. The minimum atomic E-state index is -0.870. The summed E-state index contributed by atoms with van der Waals surface area (Å²) in [7, 11) is 0. The van der Waals surface area contributed by atoms with Crippen LogP contribution in [-0.2, 0) is 12.0 Å². The zero-order valence-electron chi connectivity index (χ0n) is 13.2. The third-order valence-corrected chi connectivity index (χ3v) is 4.59. The van der Waals surface area contributed by atoms with Crippen molar-refractivity contribution in [2.75, 3.05) is 0 Å². The van der Waals surface area contributed by atoms with Gasteiger partial charge >= 0.3 is 0 Å². The number of benzene rings is 2. The summed E-state index contributed by atoms with van der Waals surface area (Å²) >= 11 is 0. The van der Waals surface area contributed by atoms with Gasteiger partial charge < -0.3 is 10.5 Å². The monoisotopic (exact) mass is 317 g/mol. The third kappa shape index (κ3) is 2.37. The Balaban J connectivity index is 1.73. The predicted molar refractivity (Wildman–Crippen MR) is 93.5 cm³/mol. The molecule has 4 nitrogen and oxygen atoms in total. The first kappa shape index (κ1) is 14.9. The summed E-state index contributed by atoms with van der Waals surface area (Å²) in [5, 5.41) is 0. The largest absolute Gasteiger partial charge is 0.471 e. The molecule has 4 heteroatoms. The number of rotatable bonds is 3. The van der Waals surface area contributed by atoms with Crippen LogP contribution < -0.4 is 16.2 Å². The quantitative estimate of drug-likeness (QED) is 0.778. The molecule has 120 valence electrons. The molecule has 1 aromatic heterocycles. The zero-order valence-corrected chi connectivity index (χ0v) is 13.2. The number of nitrogens with zero attached hydrogens (tertiary/aromatic N) is 1. The van der Waals surface area contributed by atoms with Crippen molar-refractivity contribution in [2.24, 2.45) is 11.5 Å². The fraction of sp³-hybridized carbons (Fsp3) is 0.150. The van der Waals surface area contributed by atoms with Gasteiger partial charge in [0.2, 0.25) is 0 Å². The summed E-state index contributed by atoms with van der Waals surface area (Å²) in [5.74, 6) is 0.654. The highest BCUT2D eigenvalue weighted by atomic mass is 16.5. The first-order valence-corrected chi connectivity index (χ1v) is 7.97. The van der Waals surface area contributed by atoms with Crippen LogP contribution in [0.25, 0.3) is 0 Å². The Morgan fingerprint density at radius 1 is 1.00 bits per heavy atom. The van der Waals surface area contributed by atoms with Crippen molar-refractivity contribution in [2.45, 2.75) is 18.2 Å². The molecule has 0 spiro atoms. The molecule has 0 radical (unpaired) electrons. The van der Waals surface area contributed by atoms with E-state index in [-0.39, 0.29) is 0 Å². The highest BCUT2D eigenvalue weighted by Crippen LogP contribution is 2.41. The van der Waals surface area contributed by atoms with Crippen molar-refractivity contribution < 1.29 is 4.74 Å². The molecule has 0 fully saturated rings. The van der Waals surface area contributed by atoms with Gasteiger partial charge in [-0.1, -0.05) is 54.6 Å². The smallest absolute Gasteiger partial charge is 0.174 e. The molecular formula is C20H19N3O. The van der Waals surface area contributed by atoms with Gasteiger partial charge in [0.25, 0.3) is 0 Å². The van der Waals surface area contributed by atoms with Crippen molar-refractivity contribution in [3.05, 3.63) is 95.3 Å². The van der Waals surface area contributed by atoms with Gasteiger partial charge in [-0.05, 0) is 29.2 Å². The highest BCUT2D eigenvalue weighted by Gasteiger charge is 2.45. The number of pyridine rings is 1. The number of nitrogens with two attached hydrogens (primary N) is 2. The van der Waals surface area contributed by atoms with E-state index in [4.69, 9.17) is 16.2 Å². The second-order valence-corrected chi connectivity index (χ2v) is 6.14. The van der Waals surface area contributed by atoms with E-state index in [0.29, 0.717) is 5.75 Å². The molecule has 2 heterocycles. The summed E-state index contributed by atoms with van der Waals surface area (Å²) in [5.41, 5.74) is 16.4. The first-order valence-electron chi connectivity index (χ1n) is 7.97. The molecule has 2 unspecified atom stereocenters. The van der Waals surface area contributed by atoms with Gasteiger partial charge in [-0.15, -0.1) is 0 Å². The van der Waals surface area contributed by atoms with Crippen LogP contribution in [0.5, 0.6) is 5.75 Å². The Bertz CT molecular complexity index is 866. The van der Waals surface area contributed by atoms with Crippen molar-refractivity contribution in [3.63, 3.8) is 0 Å². The van der Waals surface area contributed by atoms with Crippen LogP contribution >= 0.6 is 0 Å². The van der Waals surface area contributed by atoms with E-state index in [2.05, 4.69) is 29.2 Å². The zero-order chi connectivity index (χ0) is 16.6. The van der Waals surface area contributed by atoms with Crippen LogP contribution in [0, 0.1) is 0 Å². The van der Waals surface area contributed by atoms with Crippen LogP contribution in [0.15, 0.2) is 73.1 Å². The molecule has 1 aliphatic rings. The maximum Gasteiger partial charge on any atom is 0.174 e. The van der Waals surface area contributed by atoms with Crippen LogP contribution in [0.1, 0.15) is 22.3 Å². The standard InChI is InChI=1S/C20H19N3O/c21-19-20(22,17-9-10-23-13-18(17)24-19)16-8-4-7-15(12-16)11-14-5-2-1-3-6-14/h1-10,12-13,19H,11,21-22H2. The number of aromatic nitrogens is 1. The average Bonchev–Trinajstić information content (AvgIpc) is 2.88. The van der Waals surface area contributed by atoms with Crippen LogP contribution in [0.4, 0.5) is 0 Å². The van der Waals surface area contributed by atoms with Crippen LogP contribution in [-0.4, -0.2) is 11.2 Å². The Kier molecular flexibility index (Phi) is 3.56. The maximum atomic E-state index is 6.72. The molecule has 24 heavy (non-hydrogen) atoms. The van der Waals surface area contributed by atoms with Gasteiger partial charge in [-0.2, -0.15) is 0 Å².